The van der Waals surface area contributed by atoms with Crippen LogP contribution in [0.25, 0.3) is 11.1 Å². The molecule has 0 aliphatic carbocycles. The second kappa shape index (κ2) is 7.19. The number of carbonyl (C=O) groups is 2. The van der Waals surface area contributed by atoms with Crippen molar-refractivity contribution in [3.8, 4) is 11.1 Å². The van der Waals surface area contributed by atoms with E-state index in [1.807, 2.05) is 74.5 Å². The molecule has 140 valence electrons. The number of rotatable bonds is 3. The van der Waals surface area contributed by atoms with Crippen molar-refractivity contribution in [1.82, 2.24) is 5.32 Å². The fraction of sp³-hybridized carbons (Fsp3) is 0.130. The van der Waals surface area contributed by atoms with Gasteiger partial charge in [0.05, 0.1) is 0 Å². The van der Waals surface area contributed by atoms with E-state index in [0.717, 1.165) is 39.1 Å². The molecule has 0 aromatic heterocycles. The number of fused-ring (bicyclic) bond motifs is 1. The summed E-state index contributed by atoms with van der Waals surface area (Å²) in [7, 11) is 0. The fourth-order valence-corrected chi connectivity index (χ4v) is 3.50. The summed E-state index contributed by atoms with van der Waals surface area (Å²) in [5.41, 5.74) is 7.45. The third-order valence-corrected chi connectivity index (χ3v) is 4.93. The summed E-state index contributed by atoms with van der Waals surface area (Å²) in [5, 5.41) is 8.59. The molecule has 0 spiro atoms. The Morgan fingerprint density at radius 2 is 1.68 bits per heavy atom. The summed E-state index contributed by atoms with van der Waals surface area (Å²) in [6.45, 7) is 4.53. The summed E-state index contributed by atoms with van der Waals surface area (Å²) in [6.07, 6.45) is 0. The number of benzene rings is 3. The van der Waals surface area contributed by atoms with Crippen LogP contribution in [0.2, 0.25) is 0 Å². The predicted molar refractivity (Wildman–Crippen MR) is 112 cm³/mol. The molecule has 3 N–H and O–H groups in total. The van der Waals surface area contributed by atoms with Crippen LogP contribution in [-0.4, -0.2) is 11.9 Å². The second-order valence-electron chi connectivity index (χ2n) is 6.99. The molecule has 5 nitrogen and oxygen atoms in total. The van der Waals surface area contributed by atoms with Gasteiger partial charge in [0, 0.05) is 23.5 Å². The lowest BCUT2D eigenvalue weighted by molar-refractivity contribution is 0.0965. The molecule has 0 bridgehead atoms. The molecule has 28 heavy (non-hydrogen) atoms. The minimum absolute atomic E-state index is 0.0294. The van der Waals surface area contributed by atoms with Gasteiger partial charge in [-0.3, -0.25) is 4.79 Å². The molecule has 5 heteroatoms. The molecule has 0 radical (unpaired) electrons. The maximum absolute atomic E-state index is 12.3. The van der Waals surface area contributed by atoms with Gasteiger partial charge in [0.2, 0.25) is 0 Å². The van der Waals surface area contributed by atoms with E-state index < -0.39 is 0 Å². The van der Waals surface area contributed by atoms with Crippen LogP contribution in [0.15, 0.2) is 60.7 Å². The van der Waals surface area contributed by atoms with E-state index >= 15 is 0 Å². The van der Waals surface area contributed by atoms with Crippen molar-refractivity contribution in [2.45, 2.75) is 20.4 Å². The molecule has 0 unspecified atom stereocenters. The number of aryl methyl sites for hydroxylation is 2. The standard InChI is InChI=1S/C23H21N3O2/c1-14-6-11-21(15(2)12-14)26-23(28)25-17-9-7-16(8-10-17)18-4-3-5-19-20(18)13-24-22(19)27/h3-12H,13H2,1-2H3,(H,24,27)(H2,25,26,28). The number of hydrogen-bond donors (Lipinski definition) is 3. The monoisotopic (exact) mass is 371 g/mol. The van der Waals surface area contributed by atoms with Gasteiger partial charge in [0.25, 0.3) is 5.91 Å². The third kappa shape index (κ3) is 3.47. The van der Waals surface area contributed by atoms with Crippen LogP contribution in [0.3, 0.4) is 0 Å². The van der Waals surface area contributed by atoms with E-state index in [9.17, 15) is 9.59 Å². The first kappa shape index (κ1) is 17.8. The number of nitrogens with one attached hydrogen (secondary N) is 3. The number of anilines is 2. The Hall–Kier alpha value is -3.60. The van der Waals surface area contributed by atoms with Gasteiger partial charge in [-0.05, 0) is 60.4 Å². The zero-order chi connectivity index (χ0) is 19.7. The van der Waals surface area contributed by atoms with Crippen molar-refractivity contribution in [2.75, 3.05) is 10.6 Å². The first-order valence-electron chi connectivity index (χ1n) is 9.17. The van der Waals surface area contributed by atoms with E-state index in [-0.39, 0.29) is 11.9 Å². The summed E-state index contributed by atoms with van der Waals surface area (Å²) in [4.78, 5) is 24.1. The molecular weight excluding hydrogens is 350 g/mol. The zero-order valence-electron chi connectivity index (χ0n) is 15.8. The van der Waals surface area contributed by atoms with E-state index in [1.54, 1.807) is 0 Å². The Kier molecular flexibility index (Phi) is 4.57. The lowest BCUT2D eigenvalue weighted by Crippen LogP contribution is -2.19. The Bertz CT molecular complexity index is 1070. The first-order valence-corrected chi connectivity index (χ1v) is 9.17. The van der Waals surface area contributed by atoms with Gasteiger partial charge >= 0.3 is 6.03 Å². The fourth-order valence-electron chi connectivity index (χ4n) is 3.50. The number of amides is 3. The zero-order valence-corrected chi connectivity index (χ0v) is 15.8. The van der Waals surface area contributed by atoms with Gasteiger partial charge in [-0.25, -0.2) is 4.79 Å². The van der Waals surface area contributed by atoms with Gasteiger partial charge in [-0.1, -0.05) is 42.0 Å². The van der Waals surface area contributed by atoms with Crippen molar-refractivity contribution in [3.05, 3.63) is 82.9 Å². The summed E-state index contributed by atoms with van der Waals surface area (Å²) in [5.74, 6) is -0.0294. The van der Waals surface area contributed by atoms with Crippen LogP contribution in [0.4, 0.5) is 16.2 Å². The Labute approximate surface area is 163 Å². The van der Waals surface area contributed by atoms with E-state index in [2.05, 4.69) is 16.0 Å². The molecular formula is C23H21N3O2. The molecule has 0 saturated carbocycles. The maximum Gasteiger partial charge on any atom is 0.323 e. The molecule has 1 aliphatic heterocycles. The van der Waals surface area contributed by atoms with Crippen LogP contribution in [0.5, 0.6) is 0 Å². The molecule has 1 heterocycles. The number of carbonyl (C=O) groups excluding carboxylic acids is 2. The molecule has 0 fully saturated rings. The number of urea groups is 1. The maximum atomic E-state index is 12.3. The summed E-state index contributed by atoms with van der Waals surface area (Å²) in [6, 6.07) is 19.0. The molecule has 0 saturated heterocycles. The highest BCUT2D eigenvalue weighted by atomic mass is 16.2. The number of hydrogen-bond acceptors (Lipinski definition) is 2. The molecule has 0 atom stereocenters. The van der Waals surface area contributed by atoms with Crippen LogP contribution < -0.4 is 16.0 Å². The van der Waals surface area contributed by atoms with Crippen molar-refractivity contribution >= 4 is 23.3 Å². The topological polar surface area (TPSA) is 70.2 Å². The van der Waals surface area contributed by atoms with Crippen molar-refractivity contribution in [1.29, 1.82) is 0 Å². The second-order valence-corrected chi connectivity index (χ2v) is 6.99. The minimum atomic E-state index is -0.282. The molecule has 4 rings (SSSR count). The van der Waals surface area contributed by atoms with Gasteiger partial charge in [-0.2, -0.15) is 0 Å². The van der Waals surface area contributed by atoms with Gasteiger partial charge < -0.3 is 16.0 Å². The van der Waals surface area contributed by atoms with E-state index in [4.69, 9.17) is 0 Å². The van der Waals surface area contributed by atoms with Crippen molar-refractivity contribution < 1.29 is 9.59 Å². The van der Waals surface area contributed by atoms with Gasteiger partial charge in [0.1, 0.15) is 0 Å². The van der Waals surface area contributed by atoms with Crippen LogP contribution in [0.1, 0.15) is 27.0 Å². The van der Waals surface area contributed by atoms with Crippen molar-refractivity contribution in [2.24, 2.45) is 0 Å². The van der Waals surface area contributed by atoms with Gasteiger partial charge in [-0.15, -0.1) is 0 Å². The van der Waals surface area contributed by atoms with Gasteiger partial charge in [0.15, 0.2) is 0 Å². The molecule has 3 amide bonds. The Morgan fingerprint density at radius 3 is 2.43 bits per heavy atom. The Morgan fingerprint density at radius 1 is 0.929 bits per heavy atom. The summed E-state index contributed by atoms with van der Waals surface area (Å²) >= 11 is 0. The minimum Gasteiger partial charge on any atom is -0.348 e. The molecule has 3 aromatic rings. The highest BCUT2D eigenvalue weighted by molar-refractivity contribution is 6.01. The van der Waals surface area contributed by atoms with E-state index in [1.165, 1.54) is 0 Å². The van der Waals surface area contributed by atoms with Crippen LogP contribution >= 0.6 is 0 Å². The van der Waals surface area contributed by atoms with Crippen LogP contribution in [0, 0.1) is 13.8 Å². The molecule has 3 aromatic carbocycles. The van der Waals surface area contributed by atoms with Crippen LogP contribution in [-0.2, 0) is 6.54 Å². The first-order chi connectivity index (χ1) is 13.5. The SMILES string of the molecule is Cc1ccc(NC(=O)Nc2ccc(-c3cccc4c3CNC4=O)cc2)c(C)c1. The highest BCUT2D eigenvalue weighted by Gasteiger charge is 2.21. The largest absolute Gasteiger partial charge is 0.348 e. The predicted octanol–water partition coefficient (Wildman–Crippen LogP) is 4.86. The average molecular weight is 371 g/mol. The lowest BCUT2D eigenvalue weighted by Gasteiger charge is -2.12. The van der Waals surface area contributed by atoms with Crippen molar-refractivity contribution in [3.63, 3.8) is 0 Å². The van der Waals surface area contributed by atoms with E-state index in [0.29, 0.717) is 12.2 Å². The highest BCUT2D eigenvalue weighted by Crippen LogP contribution is 2.30. The smallest absolute Gasteiger partial charge is 0.323 e. The summed E-state index contributed by atoms with van der Waals surface area (Å²) < 4.78 is 0. The quantitative estimate of drug-likeness (QED) is 0.615. The molecule has 1 aliphatic rings. The average Bonchev–Trinajstić information content (AvgIpc) is 3.06. The third-order valence-electron chi connectivity index (χ3n) is 4.93. The lowest BCUT2D eigenvalue weighted by atomic mass is 9.97. The Balaban J connectivity index is 1.48. The normalized spacial score (nSPS) is 12.3.